The van der Waals surface area contributed by atoms with E-state index in [1.165, 1.54) is 0 Å². The van der Waals surface area contributed by atoms with Gasteiger partial charge in [-0.25, -0.2) is 8.42 Å². The number of rotatable bonds is 4. The van der Waals surface area contributed by atoms with E-state index in [9.17, 15) is 8.42 Å². The summed E-state index contributed by atoms with van der Waals surface area (Å²) in [6.07, 6.45) is 0. The summed E-state index contributed by atoms with van der Waals surface area (Å²) < 4.78 is 26.0. The lowest BCUT2D eigenvalue weighted by Crippen LogP contribution is -2.22. The Kier molecular flexibility index (Phi) is 4.39. The lowest BCUT2D eigenvalue weighted by atomic mass is 10.1. The predicted octanol–water partition coefficient (Wildman–Crippen LogP) is 2.92. The highest BCUT2D eigenvalue weighted by atomic mass is 79.9. The Morgan fingerprint density at radius 2 is 1.58 bits per heavy atom. The van der Waals surface area contributed by atoms with Crippen molar-refractivity contribution in [2.75, 3.05) is 6.54 Å². The largest absolute Gasteiger partial charge is 0.329 e. The van der Waals surface area contributed by atoms with Crippen LogP contribution in [0.4, 0.5) is 0 Å². The van der Waals surface area contributed by atoms with Crippen molar-refractivity contribution < 1.29 is 8.42 Å². The van der Waals surface area contributed by atoms with Gasteiger partial charge in [0.2, 0.25) is 0 Å². The zero-order valence-electron chi connectivity index (χ0n) is 10.2. The molecule has 1 unspecified atom stereocenters. The number of hydrogen-bond acceptors (Lipinski definition) is 3. The first-order valence-corrected chi connectivity index (χ1v) is 8.14. The van der Waals surface area contributed by atoms with Gasteiger partial charge < -0.3 is 5.73 Å². The normalized spacial score (nSPS) is 13.2. The molecule has 0 aliphatic carbocycles. The Morgan fingerprint density at radius 1 is 1.00 bits per heavy atom. The van der Waals surface area contributed by atoms with E-state index in [-0.39, 0.29) is 11.4 Å². The molecule has 0 saturated heterocycles. The van der Waals surface area contributed by atoms with E-state index >= 15 is 0 Å². The van der Waals surface area contributed by atoms with Gasteiger partial charge in [0.15, 0.2) is 9.84 Å². The fraction of sp³-hybridized carbons (Fsp3) is 0.143. The molecule has 2 aromatic carbocycles. The van der Waals surface area contributed by atoms with E-state index in [2.05, 4.69) is 15.9 Å². The van der Waals surface area contributed by atoms with Crippen LogP contribution in [0.5, 0.6) is 0 Å². The summed E-state index contributed by atoms with van der Waals surface area (Å²) in [5, 5.41) is -0.713. The smallest absolute Gasteiger partial charge is 0.186 e. The predicted molar refractivity (Wildman–Crippen MR) is 79.6 cm³/mol. The van der Waals surface area contributed by atoms with Crippen LogP contribution in [-0.4, -0.2) is 15.0 Å². The third-order valence-corrected chi connectivity index (χ3v) is 5.57. The molecule has 0 fully saturated rings. The minimum absolute atomic E-state index is 0.0579. The molecule has 0 heterocycles. The van der Waals surface area contributed by atoms with Crippen molar-refractivity contribution in [2.45, 2.75) is 10.1 Å². The van der Waals surface area contributed by atoms with E-state index in [0.717, 1.165) is 4.47 Å². The minimum Gasteiger partial charge on any atom is -0.329 e. The van der Waals surface area contributed by atoms with Gasteiger partial charge in [0.1, 0.15) is 5.25 Å². The summed E-state index contributed by atoms with van der Waals surface area (Å²) in [5.74, 6) is 0. The summed E-state index contributed by atoms with van der Waals surface area (Å²) in [4.78, 5) is 0.287. The Hall–Kier alpha value is -1.17. The first kappa shape index (κ1) is 14.2. The molecule has 1 atom stereocenters. The van der Waals surface area contributed by atoms with Crippen LogP contribution < -0.4 is 5.73 Å². The van der Waals surface area contributed by atoms with Crippen LogP contribution in [-0.2, 0) is 9.84 Å². The average Bonchev–Trinajstić information content (AvgIpc) is 2.41. The van der Waals surface area contributed by atoms with Crippen LogP contribution in [0.3, 0.4) is 0 Å². The van der Waals surface area contributed by atoms with Crippen LogP contribution >= 0.6 is 15.9 Å². The number of sulfone groups is 1. The van der Waals surface area contributed by atoms with Crippen molar-refractivity contribution in [2.24, 2.45) is 5.73 Å². The van der Waals surface area contributed by atoms with Crippen LogP contribution in [0.15, 0.2) is 64.0 Å². The fourth-order valence-corrected chi connectivity index (χ4v) is 3.78. The zero-order chi connectivity index (χ0) is 13.9. The highest BCUT2D eigenvalue weighted by Gasteiger charge is 2.27. The lowest BCUT2D eigenvalue weighted by Gasteiger charge is -2.16. The first-order valence-electron chi connectivity index (χ1n) is 5.80. The van der Waals surface area contributed by atoms with Gasteiger partial charge in [-0.05, 0) is 29.8 Å². The maximum atomic E-state index is 12.6. The average molecular weight is 340 g/mol. The molecule has 0 aliphatic heterocycles. The molecule has 3 nitrogen and oxygen atoms in total. The van der Waals surface area contributed by atoms with Gasteiger partial charge in [-0.3, -0.25) is 0 Å². The van der Waals surface area contributed by atoms with Crippen molar-refractivity contribution >= 4 is 25.8 Å². The molecule has 0 aliphatic rings. The van der Waals surface area contributed by atoms with Gasteiger partial charge >= 0.3 is 0 Å². The maximum Gasteiger partial charge on any atom is 0.186 e. The summed E-state index contributed by atoms with van der Waals surface area (Å²) in [5.41, 5.74) is 6.39. The summed E-state index contributed by atoms with van der Waals surface area (Å²) in [6, 6.07) is 15.7. The molecule has 19 heavy (non-hydrogen) atoms. The van der Waals surface area contributed by atoms with Crippen LogP contribution in [0.2, 0.25) is 0 Å². The maximum absolute atomic E-state index is 12.6. The number of halogens is 1. The molecular formula is C14H14BrNO2S. The molecule has 100 valence electrons. The third kappa shape index (κ3) is 3.05. The van der Waals surface area contributed by atoms with E-state index in [1.807, 2.05) is 18.2 Å². The van der Waals surface area contributed by atoms with Crippen molar-refractivity contribution in [1.82, 2.24) is 0 Å². The molecule has 0 radical (unpaired) electrons. The molecule has 2 N–H and O–H groups in total. The van der Waals surface area contributed by atoms with Gasteiger partial charge in [-0.15, -0.1) is 0 Å². The third-order valence-electron chi connectivity index (χ3n) is 2.90. The zero-order valence-corrected chi connectivity index (χ0v) is 12.6. The molecule has 0 saturated carbocycles. The van der Waals surface area contributed by atoms with Crippen LogP contribution in [0.25, 0.3) is 0 Å². The van der Waals surface area contributed by atoms with E-state index in [1.54, 1.807) is 36.4 Å². The Morgan fingerprint density at radius 3 is 2.11 bits per heavy atom. The Labute approximate surface area is 121 Å². The number of benzene rings is 2. The van der Waals surface area contributed by atoms with Gasteiger partial charge in [0.25, 0.3) is 0 Å². The minimum atomic E-state index is -3.47. The lowest BCUT2D eigenvalue weighted by molar-refractivity contribution is 0.582. The molecular weight excluding hydrogens is 326 g/mol. The van der Waals surface area contributed by atoms with Gasteiger partial charge in [0.05, 0.1) is 4.90 Å². The Balaban J connectivity index is 2.45. The van der Waals surface area contributed by atoms with E-state index in [0.29, 0.717) is 5.56 Å². The molecule has 2 rings (SSSR count). The van der Waals surface area contributed by atoms with E-state index in [4.69, 9.17) is 5.73 Å². The quantitative estimate of drug-likeness (QED) is 0.931. The van der Waals surface area contributed by atoms with Crippen molar-refractivity contribution in [3.8, 4) is 0 Å². The molecule has 0 bridgehead atoms. The highest BCUT2D eigenvalue weighted by Crippen LogP contribution is 2.28. The highest BCUT2D eigenvalue weighted by molar-refractivity contribution is 9.10. The van der Waals surface area contributed by atoms with Crippen molar-refractivity contribution in [3.05, 3.63) is 64.6 Å². The molecule has 0 amide bonds. The SMILES string of the molecule is NCC(c1ccccc1)S(=O)(=O)c1ccc(Br)cc1. The summed E-state index contributed by atoms with van der Waals surface area (Å²) in [6.45, 7) is 0.0579. The summed E-state index contributed by atoms with van der Waals surface area (Å²) >= 11 is 3.29. The molecule has 0 spiro atoms. The standard InChI is InChI=1S/C14H14BrNO2S/c15-12-6-8-13(9-7-12)19(17,18)14(10-16)11-4-2-1-3-5-11/h1-9,14H,10,16H2. The Bertz CT molecular complexity index is 639. The summed E-state index contributed by atoms with van der Waals surface area (Å²) in [7, 11) is -3.47. The van der Waals surface area contributed by atoms with Crippen LogP contribution in [0.1, 0.15) is 10.8 Å². The van der Waals surface area contributed by atoms with Crippen molar-refractivity contribution in [1.29, 1.82) is 0 Å². The second-order valence-electron chi connectivity index (χ2n) is 4.13. The fourth-order valence-electron chi connectivity index (χ4n) is 1.90. The van der Waals surface area contributed by atoms with E-state index < -0.39 is 15.1 Å². The number of nitrogens with two attached hydrogens (primary N) is 1. The molecule has 2 aromatic rings. The molecule has 5 heteroatoms. The van der Waals surface area contributed by atoms with Crippen molar-refractivity contribution in [3.63, 3.8) is 0 Å². The van der Waals surface area contributed by atoms with Gasteiger partial charge in [-0.2, -0.15) is 0 Å². The number of hydrogen-bond donors (Lipinski definition) is 1. The first-order chi connectivity index (χ1) is 9.05. The topological polar surface area (TPSA) is 60.2 Å². The second-order valence-corrected chi connectivity index (χ2v) is 7.18. The van der Waals surface area contributed by atoms with Gasteiger partial charge in [0, 0.05) is 11.0 Å². The van der Waals surface area contributed by atoms with Crippen LogP contribution in [0, 0.1) is 0 Å². The molecule has 0 aromatic heterocycles. The monoisotopic (exact) mass is 339 g/mol. The second kappa shape index (κ2) is 5.86. The van der Waals surface area contributed by atoms with Gasteiger partial charge in [-0.1, -0.05) is 46.3 Å².